The topological polar surface area (TPSA) is 55.4 Å². The molecule has 0 fully saturated rings. The van der Waals surface area contributed by atoms with Crippen molar-refractivity contribution in [3.05, 3.63) is 16.0 Å². The van der Waals surface area contributed by atoms with Gasteiger partial charge in [0.1, 0.15) is 5.00 Å². The van der Waals surface area contributed by atoms with Crippen LogP contribution in [0.4, 0.5) is 5.00 Å². The van der Waals surface area contributed by atoms with Crippen LogP contribution in [0.1, 0.15) is 60.3 Å². The number of carbonyl (C=O) groups is 2. The maximum Gasteiger partial charge on any atom is 0.341 e. The molecule has 1 amide bonds. The number of amides is 1. The summed E-state index contributed by atoms with van der Waals surface area (Å²) in [6, 6.07) is 0. The highest BCUT2D eigenvalue weighted by Gasteiger charge is 2.26. The molecule has 2 rings (SSSR count). The molecule has 21 heavy (non-hydrogen) atoms. The van der Waals surface area contributed by atoms with E-state index in [1.54, 1.807) is 11.3 Å². The van der Waals surface area contributed by atoms with Gasteiger partial charge < -0.3 is 10.1 Å². The molecule has 116 valence electrons. The summed E-state index contributed by atoms with van der Waals surface area (Å²) in [6.07, 6.45) is 5.78. The van der Waals surface area contributed by atoms with Crippen molar-refractivity contribution in [2.75, 3.05) is 12.4 Å². The van der Waals surface area contributed by atoms with E-state index >= 15 is 0 Å². The van der Waals surface area contributed by atoms with Crippen molar-refractivity contribution in [2.45, 2.75) is 52.4 Å². The summed E-state index contributed by atoms with van der Waals surface area (Å²) in [7, 11) is 1.39. The third-order valence-electron chi connectivity index (χ3n) is 3.66. The van der Waals surface area contributed by atoms with Gasteiger partial charge in [0.15, 0.2) is 0 Å². The lowest BCUT2D eigenvalue weighted by Crippen LogP contribution is -2.16. The van der Waals surface area contributed by atoms with E-state index in [-0.39, 0.29) is 11.9 Å². The Morgan fingerprint density at radius 3 is 2.62 bits per heavy atom. The highest BCUT2D eigenvalue weighted by molar-refractivity contribution is 7.17. The third-order valence-corrected chi connectivity index (χ3v) is 4.86. The Morgan fingerprint density at radius 2 is 1.95 bits per heavy atom. The second-order valence-electron chi connectivity index (χ2n) is 5.91. The molecule has 0 atom stereocenters. The van der Waals surface area contributed by atoms with E-state index in [1.165, 1.54) is 18.4 Å². The first kappa shape index (κ1) is 16.0. The van der Waals surface area contributed by atoms with Crippen LogP contribution in [0.15, 0.2) is 0 Å². The maximum absolute atomic E-state index is 12.1. The number of fused-ring (bicyclic) bond motifs is 1. The molecule has 4 nitrogen and oxygen atoms in total. The van der Waals surface area contributed by atoms with Gasteiger partial charge in [-0.1, -0.05) is 20.3 Å². The lowest BCUT2D eigenvalue weighted by molar-refractivity contribution is -0.116. The van der Waals surface area contributed by atoms with Crippen LogP contribution >= 0.6 is 11.3 Å². The van der Waals surface area contributed by atoms with Crippen LogP contribution in [-0.4, -0.2) is 19.0 Å². The fourth-order valence-corrected chi connectivity index (χ4v) is 3.99. The number of thiophene rings is 1. The number of nitrogens with one attached hydrogen (secondary N) is 1. The lowest BCUT2D eigenvalue weighted by atomic mass is 10.1. The van der Waals surface area contributed by atoms with Gasteiger partial charge in [0.05, 0.1) is 12.7 Å². The standard InChI is InChI=1S/C16H23NO3S/c1-10(2)9-13(18)17-15-14(16(19)20-3)11-7-5-4-6-8-12(11)21-15/h10H,4-9H2,1-3H3,(H,17,18). The fraction of sp³-hybridized carbons (Fsp3) is 0.625. The van der Waals surface area contributed by atoms with Crippen molar-refractivity contribution in [3.8, 4) is 0 Å². The number of esters is 1. The molecule has 0 unspecified atom stereocenters. The average Bonchev–Trinajstić information content (AvgIpc) is 2.59. The highest BCUT2D eigenvalue weighted by atomic mass is 32.1. The van der Waals surface area contributed by atoms with Gasteiger partial charge in [0.2, 0.25) is 5.91 Å². The summed E-state index contributed by atoms with van der Waals surface area (Å²) in [4.78, 5) is 25.4. The summed E-state index contributed by atoms with van der Waals surface area (Å²) < 4.78 is 4.92. The van der Waals surface area contributed by atoms with Crippen LogP contribution in [0.2, 0.25) is 0 Å². The summed E-state index contributed by atoms with van der Waals surface area (Å²) in [5.74, 6) is -0.0785. The SMILES string of the molecule is COC(=O)c1c(NC(=O)CC(C)C)sc2c1CCCCC2. The van der Waals surface area contributed by atoms with Gasteiger partial charge in [0.25, 0.3) is 0 Å². The maximum atomic E-state index is 12.1. The molecule has 1 aliphatic rings. The van der Waals surface area contributed by atoms with Gasteiger partial charge in [0, 0.05) is 11.3 Å². The summed E-state index contributed by atoms with van der Waals surface area (Å²) >= 11 is 1.54. The second kappa shape index (κ2) is 7.07. The Balaban J connectivity index is 2.31. The number of ether oxygens (including phenoxy) is 1. The molecule has 1 aromatic heterocycles. The first-order chi connectivity index (χ1) is 10.0. The van der Waals surface area contributed by atoms with Gasteiger partial charge in [-0.05, 0) is 37.2 Å². The minimum absolute atomic E-state index is 0.0356. The molecular weight excluding hydrogens is 286 g/mol. The molecule has 1 aliphatic carbocycles. The van der Waals surface area contributed by atoms with Crippen LogP contribution in [0, 0.1) is 5.92 Å². The predicted octanol–water partition coefficient (Wildman–Crippen LogP) is 3.79. The van der Waals surface area contributed by atoms with Crippen LogP contribution < -0.4 is 5.32 Å². The van der Waals surface area contributed by atoms with E-state index in [0.717, 1.165) is 31.2 Å². The van der Waals surface area contributed by atoms with Crippen LogP contribution in [0.25, 0.3) is 0 Å². The van der Waals surface area contributed by atoms with Crippen molar-refractivity contribution in [1.29, 1.82) is 0 Å². The fourth-order valence-electron chi connectivity index (χ4n) is 2.70. The van der Waals surface area contributed by atoms with Crippen LogP contribution in [-0.2, 0) is 22.4 Å². The Kier molecular flexibility index (Phi) is 5.39. The van der Waals surface area contributed by atoms with Gasteiger partial charge >= 0.3 is 5.97 Å². The monoisotopic (exact) mass is 309 g/mol. The molecule has 5 heteroatoms. The van der Waals surface area contributed by atoms with E-state index in [4.69, 9.17) is 4.74 Å². The molecule has 0 radical (unpaired) electrons. The number of carbonyl (C=O) groups excluding carboxylic acids is 2. The Morgan fingerprint density at radius 1 is 1.24 bits per heavy atom. The molecule has 0 spiro atoms. The first-order valence-corrected chi connectivity index (χ1v) is 8.37. The zero-order valence-electron chi connectivity index (χ0n) is 13.0. The average molecular weight is 309 g/mol. The predicted molar refractivity (Wildman–Crippen MR) is 85.0 cm³/mol. The van der Waals surface area contributed by atoms with Gasteiger partial charge in [-0.2, -0.15) is 0 Å². The Bertz CT molecular complexity index is 534. The molecular formula is C16H23NO3S. The number of hydrogen-bond acceptors (Lipinski definition) is 4. The minimum atomic E-state index is -0.339. The number of aryl methyl sites for hydroxylation is 1. The van der Waals surface area contributed by atoms with Gasteiger partial charge in [-0.15, -0.1) is 11.3 Å². The van der Waals surface area contributed by atoms with Crippen molar-refractivity contribution >= 4 is 28.2 Å². The zero-order valence-corrected chi connectivity index (χ0v) is 13.8. The van der Waals surface area contributed by atoms with Crippen LogP contribution in [0.5, 0.6) is 0 Å². The van der Waals surface area contributed by atoms with E-state index < -0.39 is 0 Å². The number of hydrogen-bond donors (Lipinski definition) is 1. The molecule has 0 bridgehead atoms. The first-order valence-electron chi connectivity index (χ1n) is 7.55. The zero-order chi connectivity index (χ0) is 15.4. The quantitative estimate of drug-likeness (QED) is 0.680. The Hall–Kier alpha value is -1.36. The lowest BCUT2D eigenvalue weighted by Gasteiger charge is -2.08. The molecule has 1 aromatic rings. The number of anilines is 1. The molecule has 0 saturated heterocycles. The van der Waals surface area contributed by atoms with E-state index in [2.05, 4.69) is 5.32 Å². The van der Waals surface area contributed by atoms with Gasteiger partial charge in [-0.25, -0.2) is 4.79 Å². The van der Waals surface area contributed by atoms with Crippen molar-refractivity contribution in [3.63, 3.8) is 0 Å². The highest BCUT2D eigenvalue weighted by Crippen LogP contribution is 2.38. The van der Waals surface area contributed by atoms with Crippen molar-refractivity contribution in [2.24, 2.45) is 5.92 Å². The van der Waals surface area contributed by atoms with Crippen molar-refractivity contribution in [1.82, 2.24) is 0 Å². The largest absolute Gasteiger partial charge is 0.465 e. The van der Waals surface area contributed by atoms with E-state index in [9.17, 15) is 9.59 Å². The third kappa shape index (κ3) is 3.84. The minimum Gasteiger partial charge on any atom is -0.465 e. The normalized spacial score (nSPS) is 14.5. The molecule has 0 aromatic carbocycles. The molecule has 0 saturated carbocycles. The van der Waals surface area contributed by atoms with E-state index in [0.29, 0.717) is 22.9 Å². The second-order valence-corrected chi connectivity index (χ2v) is 7.01. The van der Waals surface area contributed by atoms with E-state index in [1.807, 2.05) is 13.8 Å². The molecule has 1 heterocycles. The number of rotatable bonds is 4. The summed E-state index contributed by atoms with van der Waals surface area (Å²) in [5, 5.41) is 3.58. The van der Waals surface area contributed by atoms with Crippen LogP contribution in [0.3, 0.4) is 0 Å². The Labute approximate surface area is 129 Å². The molecule has 0 aliphatic heterocycles. The summed E-state index contributed by atoms with van der Waals surface area (Å²) in [5.41, 5.74) is 1.67. The summed E-state index contributed by atoms with van der Waals surface area (Å²) in [6.45, 7) is 4.01. The smallest absolute Gasteiger partial charge is 0.341 e. The van der Waals surface area contributed by atoms with Gasteiger partial charge in [-0.3, -0.25) is 4.79 Å². The number of methoxy groups -OCH3 is 1. The molecule has 1 N–H and O–H groups in total. The van der Waals surface area contributed by atoms with Crippen molar-refractivity contribution < 1.29 is 14.3 Å².